The van der Waals surface area contributed by atoms with Crippen molar-refractivity contribution in [3.05, 3.63) is 12.2 Å². The van der Waals surface area contributed by atoms with Crippen molar-refractivity contribution in [2.45, 2.75) is 25.3 Å². The molecular weight excluding hydrogens is 166 g/mol. The van der Waals surface area contributed by atoms with E-state index in [1.54, 1.807) is 0 Å². The van der Waals surface area contributed by atoms with E-state index in [1.165, 1.54) is 37.3 Å². The van der Waals surface area contributed by atoms with E-state index in [4.69, 9.17) is 0 Å². The predicted octanol–water partition coefficient (Wildman–Crippen LogP) is 2.05. The lowest BCUT2D eigenvalue weighted by molar-refractivity contribution is 0.419. The molecule has 1 saturated heterocycles. The van der Waals surface area contributed by atoms with Crippen molar-refractivity contribution in [3.63, 3.8) is 0 Å². The number of nitrogens with one attached hydrogen (secondary N) is 1. The standard InChI is InChI=1S/C10H17NS/c1-2-4-9(5-3-1)6-11-10-7-12-8-10/h1-2,9-11H,3-8H2. The highest BCUT2D eigenvalue weighted by Crippen LogP contribution is 2.20. The summed E-state index contributed by atoms with van der Waals surface area (Å²) in [6.07, 6.45) is 8.64. The molecule has 1 atom stereocenters. The van der Waals surface area contributed by atoms with Crippen LogP contribution in [0.15, 0.2) is 12.2 Å². The zero-order valence-electron chi connectivity index (χ0n) is 7.46. The van der Waals surface area contributed by atoms with E-state index in [-0.39, 0.29) is 0 Å². The molecule has 2 rings (SSSR count). The van der Waals surface area contributed by atoms with E-state index in [2.05, 4.69) is 29.2 Å². The van der Waals surface area contributed by atoms with E-state index in [0.29, 0.717) is 0 Å². The van der Waals surface area contributed by atoms with Crippen molar-refractivity contribution in [3.8, 4) is 0 Å². The van der Waals surface area contributed by atoms with Gasteiger partial charge in [-0.2, -0.15) is 11.8 Å². The second kappa shape index (κ2) is 4.33. The molecular formula is C10H17NS. The summed E-state index contributed by atoms with van der Waals surface area (Å²) in [5.41, 5.74) is 0. The summed E-state index contributed by atoms with van der Waals surface area (Å²) in [4.78, 5) is 0. The van der Waals surface area contributed by atoms with Gasteiger partial charge in [0.05, 0.1) is 0 Å². The largest absolute Gasteiger partial charge is 0.312 e. The summed E-state index contributed by atoms with van der Waals surface area (Å²) in [6.45, 7) is 1.25. The first-order chi connectivity index (χ1) is 5.95. The highest BCUT2D eigenvalue weighted by molar-refractivity contribution is 8.00. The van der Waals surface area contributed by atoms with Gasteiger partial charge >= 0.3 is 0 Å². The molecule has 0 amide bonds. The molecule has 1 nitrogen and oxygen atoms in total. The average molecular weight is 183 g/mol. The van der Waals surface area contributed by atoms with Gasteiger partial charge in [-0.25, -0.2) is 0 Å². The topological polar surface area (TPSA) is 12.0 Å². The summed E-state index contributed by atoms with van der Waals surface area (Å²) in [6, 6.07) is 0.834. The fourth-order valence-electron chi connectivity index (χ4n) is 1.73. The summed E-state index contributed by atoms with van der Waals surface area (Å²) < 4.78 is 0. The van der Waals surface area contributed by atoms with Crippen LogP contribution in [0.3, 0.4) is 0 Å². The Morgan fingerprint density at radius 3 is 2.83 bits per heavy atom. The fraction of sp³-hybridized carbons (Fsp3) is 0.800. The summed E-state index contributed by atoms with van der Waals surface area (Å²) in [7, 11) is 0. The fourth-order valence-corrected chi connectivity index (χ4v) is 2.44. The smallest absolute Gasteiger partial charge is 0.0248 e. The van der Waals surface area contributed by atoms with Crippen LogP contribution >= 0.6 is 11.8 Å². The van der Waals surface area contributed by atoms with Crippen molar-refractivity contribution in [1.82, 2.24) is 5.32 Å². The molecule has 0 spiro atoms. The van der Waals surface area contributed by atoms with Crippen molar-refractivity contribution in [2.75, 3.05) is 18.1 Å². The summed E-state index contributed by atoms with van der Waals surface area (Å²) >= 11 is 2.06. The molecule has 2 aliphatic rings. The van der Waals surface area contributed by atoms with E-state index in [1.807, 2.05) is 0 Å². The molecule has 1 heterocycles. The van der Waals surface area contributed by atoms with E-state index in [0.717, 1.165) is 12.0 Å². The first-order valence-electron chi connectivity index (χ1n) is 4.91. The molecule has 12 heavy (non-hydrogen) atoms. The normalized spacial score (nSPS) is 30.2. The van der Waals surface area contributed by atoms with Crippen molar-refractivity contribution < 1.29 is 0 Å². The number of rotatable bonds is 3. The predicted molar refractivity (Wildman–Crippen MR) is 55.6 cm³/mol. The second-order valence-electron chi connectivity index (χ2n) is 3.79. The number of thioether (sulfide) groups is 1. The molecule has 0 radical (unpaired) electrons. The van der Waals surface area contributed by atoms with E-state index < -0.39 is 0 Å². The minimum atomic E-state index is 0.834. The highest BCUT2D eigenvalue weighted by Gasteiger charge is 2.18. The maximum absolute atomic E-state index is 3.63. The van der Waals surface area contributed by atoms with Gasteiger partial charge in [-0.3, -0.25) is 0 Å². The number of hydrogen-bond acceptors (Lipinski definition) is 2. The molecule has 68 valence electrons. The summed E-state index contributed by atoms with van der Waals surface area (Å²) in [5, 5.41) is 3.63. The van der Waals surface area contributed by atoms with Gasteiger partial charge < -0.3 is 5.32 Å². The lowest BCUT2D eigenvalue weighted by atomic mass is 9.94. The Hall–Kier alpha value is 0.0500. The quantitative estimate of drug-likeness (QED) is 0.672. The third kappa shape index (κ3) is 2.27. The molecule has 0 saturated carbocycles. The molecule has 1 unspecified atom stereocenters. The molecule has 0 aromatic rings. The molecule has 1 N–H and O–H groups in total. The van der Waals surface area contributed by atoms with Gasteiger partial charge in [-0.1, -0.05) is 12.2 Å². The zero-order chi connectivity index (χ0) is 8.23. The van der Waals surface area contributed by atoms with Crippen molar-refractivity contribution in [1.29, 1.82) is 0 Å². The van der Waals surface area contributed by atoms with Gasteiger partial charge in [-0.05, 0) is 31.7 Å². The Balaban J connectivity index is 1.62. The molecule has 0 aromatic heterocycles. The van der Waals surface area contributed by atoms with Crippen LogP contribution in [0.4, 0.5) is 0 Å². The SMILES string of the molecule is C1=CCC(CNC2CSC2)CC1. The third-order valence-corrected chi connectivity index (χ3v) is 3.99. The number of allylic oxidation sites excluding steroid dienone is 2. The monoisotopic (exact) mass is 183 g/mol. The van der Waals surface area contributed by atoms with Crippen LogP contribution < -0.4 is 5.32 Å². The maximum atomic E-state index is 3.63. The molecule has 2 heteroatoms. The van der Waals surface area contributed by atoms with Gasteiger partial charge in [0.1, 0.15) is 0 Å². The van der Waals surface area contributed by atoms with Gasteiger partial charge in [0.25, 0.3) is 0 Å². The lowest BCUT2D eigenvalue weighted by Gasteiger charge is -2.28. The second-order valence-corrected chi connectivity index (χ2v) is 4.87. The molecule has 1 aliphatic carbocycles. The molecule has 0 bridgehead atoms. The lowest BCUT2D eigenvalue weighted by Crippen LogP contribution is -2.42. The van der Waals surface area contributed by atoms with Crippen LogP contribution in [0.1, 0.15) is 19.3 Å². The van der Waals surface area contributed by atoms with Crippen LogP contribution in [0, 0.1) is 5.92 Å². The van der Waals surface area contributed by atoms with Crippen LogP contribution in [-0.2, 0) is 0 Å². The van der Waals surface area contributed by atoms with Crippen LogP contribution in [0.5, 0.6) is 0 Å². The van der Waals surface area contributed by atoms with Crippen molar-refractivity contribution in [2.24, 2.45) is 5.92 Å². The molecule has 1 aliphatic heterocycles. The van der Waals surface area contributed by atoms with Crippen LogP contribution in [0.25, 0.3) is 0 Å². The Morgan fingerprint density at radius 1 is 1.33 bits per heavy atom. The number of hydrogen-bond donors (Lipinski definition) is 1. The van der Waals surface area contributed by atoms with Gasteiger partial charge in [0.15, 0.2) is 0 Å². The molecule has 1 fully saturated rings. The Labute approximate surface area is 79.0 Å². The third-order valence-electron chi connectivity index (χ3n) is 2.71. The van der Waals surface area contributed by atoms with Crippen molar-refractivity contribution >= 4 is 11.8 Å². The summed E-state index contributed by atoms with van der Waals surface area (Å²) in [5.74, 6) is 3.59. The zero-order valence-corrected chi connectivity index (χ0v) is 8.28. The van der Waals surface area contributed by atoms with E-state index >= 15 is 0 Å². The average Bonchev–Trinajstić information content (AvgIpc) is 2.04. The Bertz CT molecular complexity index is 163. The highest BCUT2D eigenvalue weighted by atomic mass is 32.2. The van der Waals surface area contributed by atoms with Gasteiger partial charge in [0.2, 0.25) is 0 Å². The van der Waals surface area contributed by atoms with Gasteiger partial charge in [-0.15, -0.1) is 0 Å². The van der Waals surface area contributed by atoms with Gasteiger partial charge in [0, 0.05) is 17.5 Å². The van der Waals surface area contributed by atoms with Crippen LogP contribution in [0.2, 0.25) is 0 Å². The Kier molecular flexibility index (Phi) is 3.12. The minimum Gasteiger partial charge on any atom is -0.312 e. The van der Waals surface area contributed by atoms with Crippen LogP contribution in [-0.4, -0.2) is 24.1 Å². The Morgan fingerprint density at radius 2 is 2.25 bits per heavy atom. The first-order valence-corrected chi connectivity index (χ1v) is 6.07. The first kappa shape index (κ1) is 8.64. The minimum absolute atomic E-state index is 0.834. The maximum Gasteiger partial charge on any atom is 0.0248 e. The molecule has 0 aromatic carbocycles. The van der Waals surface area contributed by atoms with E-state index in [9.17, 15) is 0 Å².